The minimum Gasteiger partial charge on any atom is -0.481 e. The molecule has 4 heteroatoms. The zero-order valence-corrected chi connectivity index (χ0v) is 7.04. The van der Waals surface area contributed by atoms with E-state index in [1.54, 1.807) is 6.92 Å². The molecule has 0 fully saturated rings. The standard InChI is InChI=1S/C2H4O2.C2H5.CH2Cl2/c1-2(3)4;1-2;2-1-3/h1H3,(H,3,4);1H2,2H3;1H2. The van der Waals surface area contributed by atoms with Crippen molar-refractivity contribution in [2.75, 3.05) is 5.34 Å². The van der Waals surface area contributed by atoms with Crippen LogP contribution in [0.25, 0.3) is 0 Å². The molecule has 0 rings (SSSR count). The molecule has 9 heavy (non-hydrogen) atoms. The van der Waals surface area contributed by atoms with Gasteiger partial charge < -0.3 is 5.11 Å². The van der Waals surface area contributed by atoms with Gasteiger partial charge in [-0.1, -0.05) is 13.8 Å². The van der Waals surface area contributed by atoms with E-state index in [0.29, 0.717) is 0 Å². The molecule has 0 aromatic heterocycles. The molecule has 0 spiro atoms. The van der Waals surface area contributed by atoms with E-state index >= 15 is 0 Å². The number of halogens is 2. The molecule has 0 saturated heterocycles. The van der Waals surface area contributed by atoms with Crippen LogP contribution >= 0.6 is 23.2 Å². The van der Waals surface area contributed by atoms with E-state index in [9.17, 15) is 0 Å². The molecule has 0 heterocycles. The molecule has 0 amide bonds. The van der Waals surface area contributed by atoms with Gasteiger partial charge in [-0.15, -0.1) is 23.2 Å². The summed E-state index contributed by atoms with van der Waals surface area (Å²) in [5.41, 5.74) is 0. The van der Waals surface area contributed by atoms with Gasteiger partial charge in [-0.05, 0) is 0 Å². The van der Waals surface area contributed by atoms with E-state index < -0.39 is 5.97 Å². The van der Waals surface area contributed by atoms with Crippen molar-refractivity contribution in [2.45, 2.75) is 13.8 Å². The Bertz CT molecular complexity index is 44.2. The topological polar surface area (TPSA) is 37.3 Å². The number of alkyl halides is 2. The van der Waals surface area contributed by atoms with Gasteiger partial charge >= 0.3 is 0 Å². The monoisotopic (exact) mass is 173 g/mol. The van der Waals surface area contributed by atoms with Crippen molar-refractivity contribution in [1.82, 2.24) is 0 Å². The lowest BCUT2D eigenvalue weighted by Gasteiger charge is -1.59. The van der Waals surface area contributed by atoms with Gasteiger partial charge in [-0.3, -0.25) is 4.79 Å². The smallest absolute Gasteiger partial charge is 0.300 e. The van der Waals surface area contributed by atoms with Gasteiger partial charge in [0, 0.05) is 6.92 Å². The van der Waals surface area contributed by atoms with Crippen LogP contribution < -0.4 is 0 Å². The molecular formula is C5H11Cl2O2. The number of rotatable bonds is 0. The first-order valence-electron chi connectivity index (χ1n) is 2.17. The van der Waals surface area contributed by atoms with Crippen molar-refractivity contribution < 1.29 is 9.90 Å². The summed E-state index contributed by atoms with van der Waals surface area (Å²) in [7, 11) is 0. The van der Waals surface area contributed by atoms with Crippen molar-refractivity contribution >= 4 is 29.2 Å². The average molecular weight is 174 g/mol. The van der Waals surface area contributed by atoms with Gasteiger partial charge in [0.15, 0.2) is 0 Å². The third-order valence-electron chi connectivity index (χ3n) is 0. The summed E-state index contributed by atoms with van der Waals surface area (Å²) in [6.45, 7) is 6.08. The second-order valence-electron chi connectivity index (χ2n) is 0.620. The summed E-state index contributed by atoms with van der Waals surface area (Å²) in [5, 5.41) is 7.61. The number of hydrogen-bond donors (Lipinski definition) is 1. The van der Waals surface area contributed by atoms with Crippen molar-refractivity contribution in [2.24, 2.45) is 0 Å². The summed E-state index contributed by atoms with van der Waals surface area (Å²) >= 11 is 9.53. The lowest BCUT2D eigenvalue weighted by atomic mass is 10.9. The number of aliphatic carboxylic acids is 1. The van der Waals surface area contributed by atoms with Crippen LogP contribution in [-0.2, 0) is 4.79 Å². The van der Waals surface area contributed by atoms with Crippen molar-refractivity contribution in [3.05, 3.63) is 6.92 Å². The highest BCUT2D eigenvalue weighted by molar-refractivity contribution is 6.40. The predicted molar refractivity (Wildman–Crippen MR) is 40.9 cm³/mol. The lowest BCUT2D eigenvalue weighted by molar-refractivity contribution is -0.134. The Balaban J connectivity index is -0.0000000646. The second-order valence-corrected chi connectivity index (χ2v) is 1.43. The highest BCUT2D eigenvalue weighted by Crippen LogP contribution is 1.73. The third-order valence-corrected chi connectivity index (χ3v) is 0. The summed E-state index contributed by atoms with van der Waals surface area (Å²) in [6, 6.07) is 0. The normalized spacial score (nSPS) is 5.44. The lowest BCUT2D eigenvalue weighted by Crippen LogP contribution is -1.78. The Morgan fingerprint density at radius 3 is 1.56 bits per heavy atom. The SMILES string of the molecule is CC(=O)O.ClCCl.[CH2]C. The first kappa shape index (κ1) is 16.0. The minimum absolute atomic E-state index is 0.194. The molecule has 0 atom stereocenters. The molecule has 0 aliphatic rings. The van der Waals surface area contributed by atoms with Crippen molar-refractivity contribution in [3.63, 3.8) is 0 Å². The summed E-state index contributed by atoms with van der Waals surface area (Å²) < 4.78 is 0. The first-order chi connectivity index (χ1) is 4.15. The third kappa shape index (κ3) is 118000. The number of carboxylic acids is 1. The fraction of sp³-hybridized carbons (Fsp3) is 0.600. The quantitative estimate of drug-likeness (QED) is 0.572. The van der Waals surface area contributed by atoms with Gasteiger partial charge in [-0.2, -0.15) is 0 Å². The fourth-order valence-electron chi connectivity index (χ4n) is 0. The van der Waals surface area contributed by atoms with E-state index in [1.165, 1.54) is 0 Å². The zero-order chi connectivity index (χ0) is 8.28. The molecule has 57 valence electrons. The van der Waals surface area contributed by atoms with Crippen LogP contribution in [0, 0.1) is 6.92 Å². The van der Waals surface area contributed by atoms with Crippen LogP contribution in [0.1, 0.15) is 13.8 Å². The van der Waals surface area contributed by atoms with E-state index in [0.717, 1.165) is 6.92 Å². The molecule has 0 aromatic carbocycles. The first-order valence-corrected chi connectivity index (χ1v) is 3.24. The fourth-order valence-corrected chi connectivity index (χ4v) is 0. The van der Waals surface area contributed by atoms with Crippen LogP contribution in [-0.4, -0.2) is 16.4 Å². The highest BCUT2D eigenvalue weighted by Gasteiger charge is 1.65. The molecule has 1 N–H and O–H groups in total. The highest BCUT2D eigenvalue weighted by atomic mass is 35.5. The Kier molecular flexibility index (Phi) is 43.4. The molecule has 1 radical (unpaired) electrons. The van der Waals surface area contributed by atoms with Crippen molar-refractivity contribution in [3.8, 4) is 0 Å². The maximum atomic E-state index is 9.00. The Hall–Kier alpha value is 0.0500. The van der Waals surface area contributed by atoms with Gasteiger partial charge in [-0.25, -0.2) is 0 Å². The van der Waals surface area contributed by atoms with Crippen LogP contribution in [0.2, 0.25) is 0 Å². The van der Waals surface area contributed by atoms with Gasteiger partial charge in [0.05, 0.1) is 5.34 Å². The molecule has 0 aliphatic carbocycles. The summed E-state index contributed by atoms with van der Waals surface area (Å²) in [4.78, 5) is 9.00. The predicted octanol–water partition coefficient (Wildman–Crippen LogP) is 2.35. The maximum Gasteiger partial charge on any atom is 0.300 e. The van der Waals surface area contributed by atoms with E-state index in [-0.39, 0.29) is 5.34 Å². The average Bonchev–Trinajstić information content (AvgIpc) is 1.71. The van der Waals surface area contributed by atoms with Gasteiger partial charge in [0.2, 0.25) is 0 Å². The Labute approximate surface area is 65.8 Å². The Morgan fingerprint density at radius 1 is 1.56 bits per heavy atom. The molecule has 0 aromatic rings. The van der Waals surface area contributed by atoms with E-state index in [1.807, 2.05) is 0 Å². The number of carboxylic acid groups (broad SMARTS) is 1. The molecule has 0 bridgehead atoms. The van der Waals surface area contributed by atoms with E-state index in [2.05, 4.69) is 6.92 Å². The van der Waals surface area contributed by atoms with Crippen LogP contribution in [0.5, 0.6) is 0 Å². The Morgan fingerprint density at radius 2 is 1.56 bits per heavy atom. The number of hydrogen-bond acceptors (Lipinski definition) is 1. The second kappa shape index (κ2) is 24.4. The van der Waals surface area contributed by atoms with Crippen LogP contribution in [0.4, 0.5) is 0 Å². The van der Waals surface area contributed by atoms with E-state index in [4.69, 9.17) is 33.1 Å². The van der Waals surface area contributed by atoms with Gasteiger partial charge in [0.25, 0.3) is 5.97 Å². The van der Waals surface area contributed by atoms with Crippen LogP contribution in [0.15, 0.2) is 0 Å². The molecule has 2 nitrogen and oxygen atoms in total. The maximum absolute atomic E-state index is 9.00. The molecule has 0 unspecified atom stereocenters. The molecule has 0 aliphatic heterocycles. The van der Waals surface area contributed by atoms with Crippen LogP contribution in [0.3, 0.4) is 0 Å². The molecular weight excluding hydrogens is 163 g/mol. The molecule has 0 saturated carbocycles. The minimum atomic E-state index is -0.833. The van der Waals surface area contributed by atoms with Crippen molar-refractivity contribution in [1.29, 1.82) is 0 Å². The largest absolute Gasteiger partial charge is 0.481 e. The summed E-state index contributed by atoms with van der Waals surface area (Å²) in [5.74, 6) is -0.833. The van der Waals surface area contributed by atoms with Gasteiger partial charge in [0.1, 0.15) is 0 Å². The summed E-state index contributed by atoms with van der Waals surface area (Å²) in [6.07, 6.45) is 0. The zero-order valence-electron chi connectivity index (χ0n) is 5.53. The number of carbonyl (C=O) groups is 1.